The summed E-state index contributed by atoms with van der Waals surface area (Å²) in [7, 11) is 0. The topological polar surface area (TPSA) is 28.2 Å². The zero-order chi connectivity index (χ0) is 13.1. The van der Waals surface area contributed by atoms with Crippen molar-refractivity contribution in [1.82, 2.24) is 10.3 Å². The highest BCUT2D eigenvalue weighted by molar-refractivity contribution is 5.49. The summed E-state index contributed by atoms with van der Waals surface area (Å²) in [6.45, 7) is 12.0. The third-order valence-electron chi connectivity index (χ3n) is 3.74. The van der Waals surface area contributed by atoms with Crippen molar-refractivity contribution in [3.63, 3.8) is 0 Å². The third kappa shape index (κ3) is 2.83. The molecule has 18 heavy (non-hydrogen) atoms. The lowest BCUT2D eigenvalue weighted by atomic mass is 10.1. The molecule has 2 atom stereocenters. The molecule has 1 aliphatic heterocycles. The number of aryl methyl sites for hydroxylation is 1. The Kier molecular flexibility index (Phi) is 4.23. The van der Waals surface area contributed by atoms with Crippen molar-refractivity contribution >= 4 is 5.82 Å². The van der Waals surface area contributed by atoms with E-state index in [2.05, 4.69) is 49.0 Å². The summed E-state index contributed by atoms with van der Waals surface area (Å²) < 4.78 is 0. The van der Waals surface area contributed by atoms with Crippen LogP contribution in [0.3, 0.4) is 0 Å². The highest BCUT2D eigenvalue weighted by Crippen LogP contribution is 2.29. The largest absolute Gasteiger partial charge is 0.353 e. The van der Waals surface area contributed by atoms with Gasteiger partial charge in [-0.2, -0.15) is 0 Å². The molecule has 100 valence electrons. The van der Waals surface area contributed by atoms with Gasteiger partial charge in [-0.25, -0.2) is 4.98 Å². The van der Waals surface area contributed by atoms with Gasteiger partial charge < -0.3 is 10.2 Å². The summed E-state index contributed by atoms with van der Waals surface area (Å²) in [5, 5.41) is 3.34. The zero-order valence-electron chi connectivity index (χ0n) is 12.0. The maximum Gasteiger partial charge on any atom is 0.131 e. The van der Waals surface area contributed by atoms with Gasteiger partial charge in [0.05, 0.1) is 0 Å². The van der Waals surface area contributed by atoms with Crippen molar-refractivity contribution in [3.8, 4) is 0 Å². The fraction of sp³-hybridized carbons (Fsp3) is 0.667. The highest BCUT2D eigenvalue weighted by atomic mass is 15.2. The van der Waals surface area contributed by atoms with E-state index in [0.29, 0.717) is 6.04 Å². The number of anilines is 1. The van der Waals surface area contributed by atoms with Crippen LogP contribution in [0.25, 0.3) is 0 Å². The van der Waals surface area contributed by atoms with Crippen LogP contribution in [0, 0.1) is 12.8 Å². The average molecular weight is 247 g/mol. The monoisotopic (exact) mass is 247 g/mol. The maximum absolute atomic E-state index is 4.68. The molecule has 1 fully saturated rings. The normalized spacial score (nSPS) is 23.7. The van der Waals surface area contributed by atoms with Crippen LogP contribution in [0.4, 0.5) is 5.82 Å². The Balaban J connectivity index is 2.14. The first-order valence-electron chi connectivity index (χ1n) is 7.04. The SMILES string of the molecule is CCNCc1cnc(N2CC(C)CC2C)c(C)c1. The zero-order valence-corrected chi connectivity index (χ0v) is 12.0. The van der Waals surface area contributed by atoms with Crippen molar-refractivity contribution in [3.05, 3.63) is 23.4 Å². The number of nitrogens with zero attached hydrogens (tertiary/aromatic N) is 2. The molecule has 2 unspecified atom stereocenters. The molecule has 3 nitrogen and oxygen atoms in total. The third-order valence-corrected chi connectivity index (χ3v) is 3.74. The molecule has 3 heteroatoms. The number of aromatic nitrogens is 1. The van der Waals surface area contributed by atoms with Crippen molar-refractivity contribution in [2.75, 3.05) is 18.0 Å². The molecular formula is C15H25N3. The minimum Gasteiger partial charge on any atom is -0.353 e. The number of pyridine rings is 1. The van der Waals surface area contributed by atoms with Crippen molar-refractivity contribution in [2.24, 2.45) is 5.92 Å². The molecule has 1 aliphatic rings. The average Bonchev–Trinajstić information content (AvgIpc) is 2.66. The fourth-order valence-corrected chi connectivity index (χ4v) is 2.89. The summed E-state index contributed by atoms with van der Waals surface area (Å²) in [5.41, 5.74) is 2.57. The van der Waals surface area contributed by atoms with Gasteiger partial charge in [0.1, 0.15) is 5.82 Å². The van der Waals surface area contributed by atoms with Crippen LogP contribution in [0.5, 0.6) is 0 Å². The minimum absolute atomic E-state index is 0.616. The summed E-state index contributed by atoms with van der Waals surface area (Å²) in [4.78, 5) is 7.14. The van der Waals surface area contributed by atoms with Crippen molar-refractivity contribution in [1.29, 1.82) is 0 Å². The maximum atomic E-state index is 4.68. The van der Waals surface area contributed by atoms with E-state index in [-0.39, 0.29) is 0 Å². The first kappa shape index (κ1) is 13.3. The molecule has 2 heterocycles. The van der Waals surface area contributed by atoms with Crippen molar-refractivity contribution in [2.45, 2.75) is 46.7 Å². The number of hydrogen-bond donors (Lipinski definition) is 1. The molecule has 0 spiro atoms. The second-order valence-corrected chi connectivity index (χ2v) is 5.61. The quantitative estimate of drug-likeness (QED) is 0.886. The first-order valence-corrected chi connectivity index (χ1v) is 7.04. The summed E-state index contributed by atoms with van der Waals surface area (Å²) in [6.07, 6.45) is 3.29. The van der Waals surface area contributed by atoms with Crippen LogP contribution >= 0.6 is 0 Å². The Labute approximate surface area is 111 Å². The molecule has 1 N–H and O–H groups in total. The predicted molar refractivity (Wildman–Crippen MR) is 76.9 cm³/mol. The predicted octanol–water partition coefficient (Wildman–Crippen LogP) is 2.73. The van der Waals surface area contributed by atoms with E-state index in [9.17, 15) is 0 Å². The molecule has 1 saturated heterocycles. The van der Waals surface area contributed by atoms with Gasteiger partial charge in [-0.15, -0.1) is 0 Å². The number of rotatable bonds is 4. The van der Waals surface area contributed by atoms with Crippen LogP contribution < -0.4 is 10.2 Å². The van der Waals surface area contributed by atoms with Crippen LogP contribution in [0.15, 0.2) is 12.3 Å². The highest BCUT2D eigenvalue weighted by Gasteiger charge is 2.27. The van der Waals surface area contributed by atoms with Gasteiger partial charge in [-0.1, -0.05) is 13.8 Å². The first-order chi connectivity index (χ1) is 8.61. The molecule has 2 rings (SSSR count). The van der Waals surface area contributed by atoms with Crippen molar-refractivity contribution < 1.29 is 0 Å². The van der Waals surface area contributed by atoms with E-state index in [1.165, 1.54) is 23.4 Å². The minimum atomic E-state index is 0.616. The molecule has 1 aromatic heterocycles. The van der Waals surface area contributed by atoms with Crippen LogP contribution in [0.2, 0.25) is 0 Å². The molecule has 0 amide bonds. The molecule has 0 saturated carbocycles. The summed E-state index contributed by atoms with van der Waals surface area (Å²) in [6, 6.07) is 2.88. The van der Waals surface area contributed by atoms with E-state index < -0.39 is 0 Å². The van der Waals surface area contributed by atoms with Gasteiger partial charge in [-0.05, 0) is 49.9 Å². The van der Waals surface area contributed by atoms with Crippen LogP contribution in [-0.2, 0) is 6.54 Å². The molecule has 0 aliphatic carbocycles. The Morgan fingerprint density at radius 3 is 2.78 bits per heavy atom. The fourth-order valence-electron chi connectivity index (χ4n) is 2.89. The lowest BCUT2D eigenvalue weighted by Gasteiger charge is -2.24. The summed E-state index contributed by atoms with van der Waals surface area (Å²) >= 11 is 0. The second-order valence-electron chi connectivity index (χ2n) is 5.61. The van der Waals surface area contributed by atoms with Gasteiger partial charge in [0.2, 0.25) is 0 Å². The van der Waals surface area contributed by atoms with Crippen LogP contribution in [0.1, 0.15) is 38.3 Å². The van der Waals surface area contributed by atoms with Gasteiger partial charge in [0.15, 0.2) is 0 Å². The van der Waals surface area contributed by atoms with Gasteiger partial charge in [0.25, 0.3) is 0 Å². The number of nitrogens with one attached hydrogen (secondary N) is 1. The summed E-state index contributed by atoms with van der Waals surface area (Å²) in [5.74, 6) is 1.95. The molecule has 0 bridgehead atoms. The molecular weight excluding hydrogens is 222 g/mol. The number of hydrogen-bond acceptors (Lipinski definition) is 3. The Bertz CT molecular complexity index is 403. The Morgan fingerprint density at radius 2 is 2.22 bits per heavy atom. The van der Waals surface area contributed by atoms with Gasteiger partial charge in [0, 0.05) is 25.3 Å². The van der Waals surface area contributed by atoms with Gasteiger partial charge in [-0.3, -0.25) is 0 Å². The molecule has 0 aromatic carbocycles. The van der Waals surface area contributed by atoms with Crippen LogP contribution in [-0.4, -0.2) is 24.1 Å². The molecule has 0 radical (unpaired) electrons. The van der Waals surface area contributed by atoms with E-state index in [0.717, 1.165) is 25.6 Å². The lowest BCUT2D eigenvalue weighted by molar-refractivity contribution is 0.625. The Morgan fingerprint density at radius 1 is 1.44 bits per heavy atom. The standard InChI is InChI=1S/C15H25N3/c1-5-16-8-14-7-12(3)15(17-9-14)18-10-11(2)6-13(18)4/h7,9,11,13,16H,5-6,8,10H2,1-4H3. The van der Waals surface area contributed by atoms with E-state index in [1.807, 2.05) is 6.20 Å². The lowest BCUT2D eigenvalue weighted by Crippen LogP contribution is -2.28. The molecule has 1 aromatic rings. The van der Waals surface area contributed by atoms with E-state index in [4.69, 9.17) is 0 Å². The Hall–Kier alpha value is -1.09. The van der Waals surface area contributed by atoms with Gasteiger partial charge >= 0.3 is 0 Å². The second kappa shape index (κ2) is 5.70. The van der Waals surface area contributed by atoms with E-state index >= 15 is 0 Å². The smallest absolute Gasteiger partial charge is 0.131 e. The van der Waals surface area contributed by atoms with E-state index in [1.54, 1.807) is 0 Å².